The largest absolute Gasteiger partial charge is 0.456 e. The Bertz CT molecular complexity index is 3850. The molecule has 0 saturated carbocycles. The summed E-state index contributed by atoms with van der Waals surface area (Å²) in [6.07, 6.45) is 0. The van der Waals surface area contributed by atoms with E-state index in [-0.39, 0.29) is 0 Å². The van der Waals surface area contributed by atoms with Gasteiger partial charge in [-0.25, -0.2) is 0 Å². The van der Waals surface area contributed by atoms with Gasteiger partial charge in [-0.2, -0.15) is 0 Å². The Kier molecular flexibility index (Phi) is 7.78. The Morgan fingerprint density at radius 3 is 1.74 bits per heavy atom. The zero-order chi connectivity index (χ0) is 40.7. The van der Waals surface area contributed by atoms with Crippen LogP contribution in [-0.2, 0) is 0 Å². The van der Waals surface area contributed by atoms with Gasteiger partial charge in [0.1, 0.15) is 22.3 Å². The highest BCUT2D eigenvalue weighted by molar-refractivity contribution is 7.26. The van der Waals surface area contributed by atoms with Crippen molar-refractivity contribution in [1.29, 1.82) is 0 Å². The Morgan fingerprint density at radius 1 is 0.323 bits per heavy atom. The fourth-order valence-corrected chi connectivity index (χ4v) is 10.8. The summed E-state index contributed by atoms with van der Waals surface area (Å²) < 4.78 is 15.9. The lowest BCUT2D eigenvalue weighted by atomic mass is 9.97. The van der Waals surface area contributed by atoms with Crippen molar-refractivity contribution >= 4 is 103 Å². The van der Waals surface area contributed by atoms with Crippen LogP contribution in [0.2, 0.25) is 0 Å². The number of rotatable bonds is 6. The molecular formula is C58H35NO2S. The fourth-order valence-electron chi connectivity index (χ4n) is 9.55. The van der Waals surface area contributed by atoms with Crippen LogP contribution in [0.3, 0.4) is 0 Å². The highest BCUT2D eigenvalue weighted by atomic mass is 32.1. The van der Waals surface area contributed by atoms with Gasteiger partial charge in [0.15, 0.2) is 0 Å². The summed E-state index contributed by atoms with van der Waals surface area (Å²) in [6.45, 7) is 0. The van der Waals surface area contributed by atoms with E-state index in [0.29, 0.717) is 0 Å². The molecule has 0 aliphatic rings. The van der Waals surface area contributed by atoms with Crippen molar-refractivity contribution in [3.8, 4) is 33.4 Å². The van der Waals surface area contributed by atoms with Crippen molar-refractivity contribution < 1.29 is 8.83 Å². The number of hydrogen-bond donors (Lipinski definition) is 0. The molecule has 3 heterocycles. The van der Waals surface area contributed by atoms with Crippen LogP contribution in [0.25, 0.3) is 108 Å². The third kappa shape index (κ3) is 5.51. The number of fused-ring (bicyclic) bond motifs is 11. The van der Waals surface area contributed by atoms with Gasteiger partial charge in [-0.05, 0) is 117 Å². The maximum absolute atomic E-state index is 6.82. The number of anilines is 3. The van der Waals surface area contributed by atoms with Gasteiger partial charge in [-0.15, -0.1) is 11.3 Å². The smallest absolute Gasteiger partial charge is 0.137 e. The van der Waals surface area contributed by atoms with Crippen molar-refractivity contribution in [3.63, 3.8) is 0 Å². The predicted molar refractivity (Wildman–Crippen MR) is 262 cm³/mol. The van der Waals surface area contributed by atoms with E-state index >= 15 is 0 Å². The van der Waals surface area contributed by atoms with Crippen molar-refractivity contribution in [2.45, 2.75) is 0 Å². The van der Waals surface area contributed by atoms with Gasteiger partial charge in [0, 0.05) is 64.8 Å². The highest BCUT2D eigenvalue weighted by Gasteiger charge is 2.20. The van der Waals surface area contributed by atoms with E-state index in [0.717, 1.165) is 66.7 Å². The molecule has 0 amide bonds. The van der Waals surface area contributed by atoms with E-state index in [1.165, 1.54) is 58.6 Å². The number of hydrogen-bond acceptors (Lipinski definition) is 4. The van der Waals surface area contributed by atoms with Crippen molar-refractivity contribution in [3.05, 3.63) is 212 Å². The number of nitrogens with zero attached hydrogens (tertiary/aromatic N) is 1. The van der Waals surface area contributed by atoms with Gasteiger partial charge in [0.05, 0.1) is 0 Å². The maximum Gasteiger partial charge on any atom is 0.137 e. The lowest BCUT2D eigenvalue weighted by molar-refractivity contribution is 0.668. The first kappa shape index (κ1) is 34.9. The third-order valence-electron chi connectivity index (χ3n) is 12.5. The minimum absolute atomic E-state index is 0.840. The lowest BCUT2D eigenvalue weighted by Gasteiger charge is -2.26. The molecule has 13 rings (SSSR count). The molecule has 0 bridgehead atoms. The van der Waals surface area contributed by atoms with Gasteiger partial charge in [-0.3, -0.25) is 0 Å². The SMILES string of the molecule is c1ccc(-c2ccc(N(c3ccc(-c4cccc5ccccc45)cc3)c3ccc4c(c3)oc3cc(-c5cccc6oc7ccc8c9ccccc9sc8c7c56)ccc34)cc2)cc1. The standard InChI is InChI=1S/C58H35NO2S/c1-2-10-36(11-3-1)37-20-25-41(26-21-37)59(42-27-22-39(23-28-42)45-16-8-13-38-12-4-5-14-44(38)45)43-29-31-48-47-30-24-40(34-53(47)61-54(48)35-43)46-17-9-18-51-56(46)57-52(60-51)33-32-50-49-15-6-7-19-55(49)62-58(50)57/h1-35H. The van der Waals surface area contributed by atoms with Gasteiger partial charge in [0.25, 0.3) is 0 Å². The van der Waals surface area contributed by atoms with E-state index in [1.54, 1.807) is 0 Å². The molecular weight excluding hydrogens is 775 g/mol. The zero-order valence-corrected chi connectivity index (χ0v) is 34.2. The van der Waals surface area contributed by atoms with Crippen LogP contribution in [0.1, 0.15) is 0 Å². The quantitative estimate of drug-likeness (QED) is 0.168. The van der Waals surface area contributed by atoms with E-state index in [4.69, 9.17) is 8.83 Å². The molecule has 4 heteroatoms. The molecule has 0 N–H and O–H groups in total. The van der Waals surface area contributed by atoms with E-state index in [9.17, 15) is 0 Å². The molecule has 0 unspecified atom stereocenters. The minimum Gasteiger partial charge on any atom is -0.456 e. The molecule has 3 aromatic heterocycles. The molecule has 0 aliphatic carbocycles. The molecule has 290 valence electrons. The summed E-state index contributed by atoms with van der Waals surface area (Å²) in [5, 5.41) is 9.51. The van der Waals surface area contributed by atoms with E-state index < -0.39 is 0 Å². The third-order valence-corrected chi connectivity index (χ3v) is 13.7. The van der Waals surface area contributed by atoms with Crippen LogP contribution in [0.4, 0.5) is 17.1 Å². The molecule has 10 aromatic carbocycles. The summed E-state index contributed by atoms with van der Waals surface area (Å²) in [5.41, 5.74) is 13.6. The molecule has 13 aromatic rings. The first-order valence-corrected chi connectivity index (χ1v) is 21.8. The monoisotopic (exact) mass is 809 g/mol. The molecule has 3 nitrogen and oxygen atoms in total. The molecule has 0 aliphatic heterocycles. The van der Waals surface area contributed by atoms with Crippen LogP contribution in [0.5, 0.6) is 0 Å². The number of benzene rings is 10. The van der Waals surface area contributed by atoms with E-state index in [2.05, 4.69) is 217 Å². The van der Waals surface area contributed by atoms with Gasteiger partial charge in [-0.1, -0.05) is 133 Å². The van der Waals surface area contributed by atoms with Crippen LogP contribution in [0.15, 0.2) is 221 Å². The van der Waals surface area contributed by atoms with Crippen molar-refractivity contribution in [2.75, 3.05) is 4.90 Å². The molecule has 0 atom stereocenters. The Hall–Kier alpha value is -7.92. The zero-order valence-electron chi connectivity index (χ0n) is 33.4. The summed E-state index contributed by atoms with van der Waals surface area (Å²) in [4.78, 5) is 2.32. The molecule has 0 saturated heterocycles. The Labute approximate surface area is 360 Å². The Morgan fingerprint density at radius 2 is 0.903 bits per heavy atom. The molecule has 0 radical (unpaired) electrons. The summed E-state index contributed by atoms with van der Waals surface area (Å²) in [7, 11) is 0. The predicted octanol–water partition coefficient (Wildman–Crippen LogP) is 17.5. The fraction of sp³-hybridized carbons (Fsp3) is 0. The summed E-state index contributed by atoms with van der Waals surface area (Å²) >= 11 is 1.84. The molecule has 0 spiro atoms. The van der Waals surface area contributed by atoms with Crippen LogP contribution >= 0.6 is 11.3 Å². The average Bonchev–Trinajstić information content (AvgIpc) is 4.03. The average molecular weight is 810 g/mol. The van der Waals surface area contributed by atoms with Crippen LogP contribution in [-0.4, -0.2) is 0 Å². The van der Waals surface area contributed by atoms with Crippen molar-refractivity contribution in [1.82, 2.24) is 0 Å². The molecule has 62 heavy (non-hydrogen) atoms. The summed E-state index contributed by atoms with van der Waals surface area (Å²) in [6, 6.07) is 76.0. The number of furan rings is 2. The molecule has 0 fully saturated rings. The van der Waals surface area contributed by atoms with Crippen LogP contribution in [0, 0.1) is 0 Å². The minimum atomic E-state index is 0.840. The van der Waals surface area contributed by atoms with Gasteiger partial charge in [0.2, 0.25) is 0 Å². The lowest BCUT2D eigenvalue weighted by Crippen LogP contribution is -2.09. The van der Waals surface area contributed by atoms with Crippen molar-refractivity contribution in [2.24, 2.45) is 0 Å². The van der Waals surface area contributed by atoms with E-state index in [1.807, 2.05) is 11.3 Å². The normalized spacial score (nSPS) is 11.9. The summed E-state index contributed by atoms with van der Waals surface area (Å²) in [5.74, 6) is 0. The second kappa shape index (κ2) is 13.8. The topological polar surface area (TPSA) is 29.5 Å². The number of thiophene rings is 1. The maximum atomic E-state index is 6.82. The van der Waals surface area contributed by atoms with Gasteiger partial charge >= 0.3 is 0 Å². The van der Waals surface area contributed by atoms with Crippen LogP contribution < -0.4 is 4.90 Å². The first-order valence-electron chi connectivity index (χ1n) is 21.0. The Balaban J connectivity index is 0.929. The second-order valence-electron chi connectivity index (χ2n) is 16.0. The first-order chi connectivity index (χ1) is 30.7. The van der Waals surface area contributed by atoms with Gasteiger partial charge < -0.3 is 13.7 Å². The second-order valence-corrected chi connectivity index (χ2v) is 17.1. The highest BCUT2D eigenvalue weighted by Crippen LogP contribution is 2.46.